The third kappa shape index (κ3) is 3.10. The Labute approximate surface area is 147 Å². The van der Waals surface area contributed by atoms with Gasteiger partial charge in [0.1, 0.15) is 16.9 Å². The fraction of sp³-hybridized carbons (Fsp3) is 0.0526. The number of ether oxygens (including phenoxy) is 1. The van der Waals surface area contributed by atoms with Crippen molar-refractivity contribution < 1.29 is 13.6 Å². The first-order chi connectivity index (χ1) is 12.7. The van der Waals surface area contributed by atoms with Crippen LogP contribution in [0.25, 0.3) is 22.4 Å². The van der Waals surface area contributed by atoms with Crippen LogP contribution in [0.5, 0.6) is 5.75 Å². The van der Waals surface area contributed by atoms with Crippen molar-refractivity contribution in [2.24, 2.45) is 4.99 Å². The Morgan fingerprint density at radius 1 is 1.04 bits per heavy atom. The number of hydrogen-bond acceptors (Lipinski definition) is 7. The van der Waals surface area contributed by atoms with Crippen molar-refractivity contribution in [3.05, 3.63) is 70.6 Å². The maximum Gasteiger partial charge on any atom is 0.349 e. The average Bonchev–Trinajstić information content (AvgIpc) is 3.15. The van der Waals surface area contributed by atoms with E-state index in [1.807, 2.05) is 36.4 Å². The average molecular weight is 347 g/mol. The van der Waals surface area contributed by atoms with Crippen LogP contribution in [0.1, 0.15) is 5.56 Å². The van der Waals surface area contributed by atoms with Crippen molar-refractivity contribution in [3.8, 4) is 17.2 Å². The van der Waals surface area contributed by atoms with E-state index in [0.29, 0.717) is 5.58 Å². The highest BCUT2D eigenvalue weighted by Gasteiger charge is 2.14. The lowest BCUT2D eigenvalue weighted by molar-refractivity contribution is 0.415. The molecule has 0 N–H and O–H groups in total. The summed E-state index contributed by atoms with van der Waals surface area (Å²) in [4.78, 5) is 16.3. The fourth-order valence-corrected chi connectivity index (χ4v) is 2.41. The van der Waals surface area contributed by atoms with Crippen molar-refractivity contribution in [3.63, 3.8) is 0 Å². The van der Waals surface area contributed by atoms with E-state index < -0.39 is 5.63 Å². The second-order valence-electron chi connectivity index (χ2n) is 5.41. The van der Waals surface area contributed by atoms with E-state index in [0.717, 1.165) is 16.7 Å². The Morgan fingerprint density at radius 3 is 2.65 bits per heavy atom. The number of aromatic nitrogens is 2. The molecule has 0 aliphatic carbocycles. The van der Waals surface area contributed by atoms with Crippen molar-refractivity contribution >= 4 is 23.2 Å². The van der Waals surface area contributed by atoms with Crippen LogP contribution in [0.4, 0.5) is 6.01 Å². The summed E-state index contributed by atoms with van der Waals surface area (Å²) >= 11 is 0. The number of hydrogen-bond donors (Lipinski definition) is 0. The van der Waals surface area contributed by atoms with Crippen LogP contribution in [-0.2, 0) is 0 Å². The molecule has 26 heavy (non-hydrogen) atoms. The summed E-state index contributed by atoms with van der Waals surface area (Å²) < 4.78 is 15.8. The maximum atomic E-state index is 12.1. The lowest BCUT2D eigenvalue weighted by Gasteiger charge is -1.98. The topological polar surface area (TPSA) is 90.7 Å². The molecule has 0 aliphatic heterocycles. The summed E-state index contributed by atoms with van der Waals surface area (Å²) in [5.74, 6) is 0.816. The van der Waals surface area contributed by atoms with Gasteiger partial charge < -0.3 is 13.6 Å². The molecule has 7 nitrogen and oxygen atoms in total. The molecule has 0 unspecified atom stereocenters. The number of nitrogens with zero attached hydrogens (tertiary/aromatic N) is 3. The molecule has 0 amide bonds. The normalized spacial score (nSPS) is 11.3. The molecule has 0 bridgehead atoms. The Balaban J connectivity index is 1.62. The Bertz CT molecular complexity index is 1140. The van der Waals surface area contributed by atoms with Crippen LogP contribution >= 0.6 is 0 Å². The number of rotatable bonds is 4. The molecule has 7 heteroatoms. The van der Waals surface area contributed by atoms with Crippen LogP contribution in [0.15, 0.2) is 73.2 Å². The smallest absolute Gasteiger partial charge is 0.349 e. The third-order valence-corrected chi connectivity index (χ3v) is 3.73. The van der Waals surface area contributed by atoms with Gasteiger partial charge in [0.2, 0.25) is 0 Å². The molecule has 128 valence electrons. The highest BCUT2D eigenvalue weighted by Crippen LogP contribution is 2.22. The van der Waals surface area contributed by atoms with Gasteiger partial charge in [-0.25, -0.2) is 9.79 Å². The van der Waals surface area contributed by atoms with Gasteiger partial charge >= 0.3 is 11.6 Å². The van der Waals surface area contributed by atoms with Gasteiger partial charge in [0.25, 0.3) is 5.89 Å². The summed E-state index contributed by atoms with van der Waals surface area (Å²) in [6.07, 6.45) is 1.58. The van der Waals surface area contributed by atoms with Gasteiger partial charge in [-0.2, -0.15) is 0 Å². The highest BCUT2D eigenvalue weighted by molar-refractivity contribution is 5.81. The minimum Gasteiger partial charge on any atom is -0.497 e. The quantitative estimate of drug-likeness (QED) is 0.414. The van der Waals surface area contributed by atoms with Gasteiger partial charge in [0.15, 0.2) is 0 Å². The number of para-hydroxylation sites is 1. The zero-order valence-electron chi connectivity index (χ0n) is 13.7. The molecule has 0 aliphatic rings. The Hall–Kier alpha value is -3.74. The highest BCUT2D eigenvalue weighted by atomic mass is 16.5. The number of benzene rings is 2. The molecule has 0 atom stereocenters. The zero-order valence-corrected chi connectivity index (χ0v) is 13.7. The molecule has 4 rings (SSSR count). The number of fused-ring (bicyclic) bond motifs is 1. The predicted molar refractivity (Wildman–Crippen MR) is 96.0 cm³/mol. The molecular weight excluding hydrogens is 334 g/mol. The molecule has 2 aromatic carbocycles. The molecule has 0 spiro atoms. The largest absolute Gasteiger partial charge is 0.497 e. The van der Waals surface area contributed by atoms with E-state index in [-0.39, 0.29) is 17.5 Å². The molecule has 4 aromatic rings. The van der Waals surface area contributed by atoms with Gasteiger partial charge in [0, 0.05) is 11.6 Å². The van der Waals surface area contributed by atoms with Crippen molar-refractivity contribution in [2.45, 2.75) is 0 Å². The van der Waals surface area contributed by atoms with E-state index in [2.05, 4.69) is 15.2 Å². The second kappa shape index (κ2) is 6.64. The molecule has 2 aromatic heterocycles. The summed E-state index contributed by atoms with van der Waals surface area (Å²) in [7, 11) is 1.60. The predicted octanol–water partition coefficient (Wildman–Crippen LogP) is 3.60. The van der Waals surface area contributed by atoms with Crippen LogP contribution in [-0.4, -0.2) is 23.5 Å². The molecular formula is C19H13N3O4. The van der Waals surface area contributed by atoms with Crippen molar-refractivity contribution in [2.75, 3.05) is 7.11 Å². The summed E-state index contributed by atoms with van der Waals surface area (Å²) in [6, 6.07) is 16.2. The molecule has 0 radical (unpaired) electrons. The van der Waals surface area contributed by atoms with Gasteiger partial charge in [-0.05, 0) is 42.0 Å². The van der Waals surface area contributed by atoms with Gasteiger partial charge in [-0.3, -0.25) is 0 Å². The van der Waals surface area contributed by atoms with Crippen molar-refractivity contribution in [1.82, 2.24) is 10.2 Å². The monoisotopic (exact) mass is 347 g/mol. The SMILES string of the molecule is COc1ccc(/C=N/c2nnc(-c3cc4ccccc4oc3=O)o2)cc1. The molecule has 0 saturated carbocycles. The summed E-state index contributed by atoms with van der Waals surface area (Å²) in [5.41, 5.74) is 0.995. The minimum absolute atomic E-state index is 0.0448. The van der Waals surface area contributed by atoms with Crippen LogP contribution in [0.3, 0.4) is 0 Å². The molecule has 2 heterocycles. The zero-order chi connectivity index (χ0) is 17.9. The number of methoxy groups -OCH3 is 1. The standard InChI is InChI=1S/C19H13N3O4/c1-24-14-8-6-12(7-9-14)11-20-19-22-21-17(26-19)15-10-13-4-2-3-5-16(13)25-18(15)23/h2-11H,1H3/b20-11+. The van der Waals surface area contributed by atoms with Crippen LogP contribution < -0.4 is 10.4 Å². The van der Waals surface area contributed by atoms with Gasteiger partial charge in [-0.15, -0.1) is 5.10 Å². The lowest BCUT2D eigenvalue weighted by Crippen LogP contribution is -2.02. The van der Waals surface area contributed by atoms with E-state index >= 15 is 0 Å². The molecule has 0 saturated heterocycles. The first kappa shape index (κ1) is 15.8. The van der Waals surface area contributed by atoms with E-state index in [1.54, 1.807) is 31.5 Å². The maximum absolute atomic E-state index is 12.1. The van der Waals surface area contributed by atoms with Gasteiger partial charge in [0.05, 0.1) is 7.11 Å². The Morgan fingerprint density at radius 2 is 1.85 bits per heavy atom. The van der Waals surface area contributed by atoms with E-state index in [1.165, 1.54) is 0 Å². The number of aliphatic imine (C=N–C) groups is 1. The van der Waals surface area contributed by atoms with E-state index in [4.69, 9.17) is 13.6 Å². The fourth-order valence-electron chi connectivity index (χ4n) is 2.41. The second-order valence-corrected chi connectivity index (χ2v) is 5.41. The van der Waals surface area contributed by atoms with Crippen LogP contribution in [0.2, 0.25) is 0 Å². The van der Waals surface area contributed by atoms with Crippen LogP contribution in [0, 0.1) is 0 Å². The summed E-state index contributed by atoms with van der Waals surface area (Å²) in [5, 5.41) is 8.49. The first-order valence-corrected chi connectivity index (χ1v) is 7.78. The Kier molecular flexibility index (Phi) is 4.03. The molecule has 0 fully saturated rings. The third-order valence-electron chi connectivity index (χ3n) is 3.73. The van der Waals surface area contributed by atoms with Gasteiger partial charge in [-0.1, -0.05) is 23.3 Å². The van der Waals surface area contributed by atoms with Crippen molar-refractivity contribution in [1.29, 1.82) is 0 Å². The minimum atomic E-state index is -0.543. The first-order valence-electron chi connectivity index (χ1n) is 7.78. The lowest BCUT2D eigenvalue weighted by atomic mass is 10.2. The summed E-state index contributed by atoms with van der Waals surface area (Å²) in [6.45, 7) is 0. The van der Waals surface area contributed by atoms with E-state index in [9.17, 15) is 4.79 Å².